The fraction of sp³-hybridized carbons (Fsp3) is 0.227. The van der Waals surface area contributed by atoms with Crippen LogP contribution in [-0.4, -0.2) is 41.1 Å². The largest absolute Gasteiger partial charge is 0.364 e. The Morgan fingerprint density at radius 3 is 2.72 bits per heavy atom. The first-order valence-corrected chi connectivity index (χ1v) is 9.16. The minimum atomic E-state index is -1.48. The van der Waals surface area contributed by atoms with E-state index in [1.54, 1.807) is 24.7 Å². The Balaban J connectivity index is 1.94. The molecule has 0 saturated carbocycles. The molecule has 0 saturated heterocycles. The summed E-state index contributed by atoms with van der Waals surface area (Å²) in [4.78, 5) is 29.1. The molecule has 2 aromatic rings. The molecule has 1 aliphatic heterocycles. The normalized spacial score (nSPS) is 15.6. The first-order valence-electron chi connectivity index (χ1n) is 9.16. The van der Waals surface area contributed by atoms with Crippen LogP contribution in [-0.2, 0) is 9.59 Å². The minimum absolute atomic E-state index is 0.199. The van der Waals surface area contributed by atoms with Crippen LogP contribution in [0.3, 0.4) is 0 Å². The van der Waals surface area contributed by atoms with Gasteiger partial charge in [0, 0.05) is 36.6 Å². The third-order valence-electron chi connectivity index (χ3n) is 4.53. The number of carbonyl (C=O) groups is 2. The maximum absolute atomic E-state index is 12.4. The lowest BCUT2D eigenvalue weighted by Crippen LogP contribution is -2.34. The molecular weight excluding hydrogens is 370 g/mol. The van der Waals surface area contributed by atoms with Crippen LogP contribution in [0.2, 0.25) is 0 Å². The number of benzodiazepines with no additional fused rings is 1. The number of hydrogen-bond acceptors (Lipinski definition) is 5. The summed E-state index contributed by atoms with van der Waals surface area (Å²) in [6.07, 6.45) is -0.244. The Morgan fingerprint density at radius 1 is 1.24 bits per heavy atom. The van der Waals surface area contributed by atoms with Crippen LogP contribution in [0.15, 0.2) is 53.5 Å². The molecule has 7 nitrogen and oxygen atoms in total. The van der Waals surface area contributed by atoms with Gasteiger partial charge in [-0.05, 0) is 24.6 Å². The Kier molecular flexibility index (Phi) is 6.39. The number of likely N-dealkylation sites (N-methyl/N-ethyl adjacent to an activating group) is 1. The third-order valence-corrected chi connectivity index (χ3v) is 4.53. The Hall–Kier alpha value is -3.47. The van der Waals surface area contributed by atoms with Crippen LogP contribution in [0, 0.1) is 11.8 Å². The number of fused-ring (bicyclic) bond motifs is 1. The maximum Gasteiger partial charge on any atom is 0.278 e. The van der Waals surface area contributed by atoms with Crippen LogP contribution in [0.5, 0.6) is 0 Å². The molecule has 0 spiro atoms. The quantitative estimate of drug-likeness (QED) is 0.320. The van der Waals surface area contributed by atoms with Crippen LogP contribution in [0.25, 0.3) is 0 Å². The van der Waals surface area contributed by atoms with Crippen molar-refractivity contribution in [2.24, 2.45) is 4.99 Å². The predicted molar refractivity (Wildman–Crippen MR) is 109 cm³/mol. The molecule has 0 bridgehead atoms. The highest BCUT2D eigenvalue weighted by molar-refractivity contribution is 6.20. The zero-order valence-corrected chi connectivity index (χ0v) is 15.9. The number of anilines is 1. The van der Waals surface area contributed by atoms with Crippen LogP contribution in [0.1, 0.15) is 36.0 Å². The summed E-state index contributed by atoms with van der Waals surface area (Å²) in [6.45, 7) is 0. The summed E-state index contributed by atoms with van der Waals surface area (Å²) in [7, 11) is 1.60. The van der Waals surface area contributed by atoms with E-state index in [9.17, 15) is 14.7 Å². The Labute approximate surface area is 168 Å². The number of benzene rings is 2. The summed E-state index contributed by atoms with van der Waals surface area (Å²) in [5, 5.41) is 18.7. The molecule has 3 N–H and O–H groups in total. The first-order chi connectivity index (χ1) is 14.0. The number of amides is 2. The highest BCUT2D eigenvalue weighted by Gasteiger charge is 2.28. The van der Waals surface area contributed by atoms with Gasteiger partial charge < -0.3 is 10.0 Å². The average molecular weight is 391 g/mol. The number of aliphatic hydroxyl groups is 1. The average Bonchev–Trinajstić information content (AvgIpc) is 2.84. The van der Waals surface area contributed by atoms with E-state index in [2.05, 4.69) is 16.8 Å². The predicted octanol–water partition coefficient (Wildman–Crippen LogP) is 1.85. The second kappa shape index (κ2) is 9.15. The second-order valence-electron chi connectivity index (χ2n) is 6.54. The number of hydrogen-bond donors (Lipinski definition) is 3. The number of aliphatic imine (C=N–C) groups is 1. The van der Waals surface area contributed by atoms with Crippen LogP contribution >= 0.6 is 0 Å². The zero-order valence-electron chi connectivity index (χ0n) is 15.9. The summed E-state index contributed by atoms with van der Waals surface area (Å²) >= 11 is 0. The summed E-state index contributed by atoms with van der Waals surface area (Å²) in [6, 6.07) is 14.8. The van der Waals surface area contributed by atoms with Gasteiger partial charge in [-0.15, -0.1) is 0 Å². The molecule has 1 heterocycles. The Bertz CT molecular complexity index is 1010. The van der Waals surface area contributed by atoms with Gasteiger partial charge in [0.05, 0.1) is 11.4 Å². The van der Waals surface area contributed by atoms with Gasteiger partial charge in [0.25, 0.3) is 5.91 Å². The number of hydroxylamine groups is 1. The highest BCUT2D eigenvalue weighted by atomic mass is 16.5. The van der Waals surface area contributed by atoms with Gasteiger partial charge in [-0.25, -0.2) is 10.5 Å². The molecule has 0 aromatic heterocycles. The lowest BCUT2D eigenvalue weighted by Gasteiger charge is -2.19. The molecule has 1 atom stereocenters. The van der Waals surface area contributed by atoms with E-state index in [-0.39, 0.29) is 6.42 Å². The van der Waals surface area contributed by atoms with Crippen molar-refractivity contribution in [1.82, 2.24) is 5.48 Å². The van der Waals surface area contributed by atoms with Crippen molar-refractivity contribution in [3.05, 3.63) is 65.2 Å². The standard InChI is InChI=1S/C22H21N3O4/c1-25-18-13-12-15(8-4-2-7-11-19(26)24-29)14-17(18)20(23-21(27)22(25)28)16-9-5-3-6-10-16/h3,5-6,9-10,12-14,21,27,29H,2,7,11H2,1H3,(H,24,26)/t21-/m0/s1. The molecule has 0 radical (unpaired) electrons. The molecule has 3 rings (SSSR count). The number of unbranched alkanes of at least 4 members (excludes halogenated alkanes) is 1. The molecular formula is C22H21N3O4. The molecule has 7 heteroatoms. The second-order valence-corrected chi connectivity index (χ2v) is 6.54. The van der Waals surface area contributed by atoms with Crippen molar-refractivity contribution in [2.45, 2.75) is 25.5 Å². The lowest BCUT2D eigenvalue weighted by molar-refractivity contribution is -0.129. The number of aliphatic hydroxyl groups excluding tert-OH is 1. The van der Waals surface area contributed by atoms with Gasteiger partial charge in [0.2, 0.25) is 12.1 Å². The first kappa shape index (κ1) is 20.3. The monoisotopic (exact) mass is 391 g/mol. The molecule has 0 fully saturated rings. The van der Waals surface area contributed by atoms with Gasteiger partial charge in [0.15, 0.2) is 0 Å². The fourth-order valence-corrected chi connectivity index (χ4v) is 3.02. The molecule has 1 aliphatic rings. The van der Waals surface area contributed by atoms with Crippen LogP contribution in [0.4, 0.5) is 5.69 Å². The van der Waals surface area contributed by atoms with Crippen molar-refractivity contribution in [1.29, 1.82) is 0 Å². The van der Waals surface area contributed by atoms with Gasteiger partial charge in [0.1, 0.15) is 0 Å². The van der Waals surface area contributed by atoms with E-state index in [4.69, 9.17) is 5.21 Å². The number of rotatable bonds is 4. The van der Waals surface area contributed by atoms with Crippen molar-refractivity contribution >= 4 is 23.2 Å². The van der Waals surface area contributed by atoms with Crippen molar-refractivity contribution < 1.29 is 19.9 Å². The van der Waals surface area contributed by atoms with E-state index in [1.165, 1.54) is 4.90 Å². The number of nitrogens with one attached hydrogen (secondary N) is 1. The molecule has 2 aromatic carbocycles. The van der Waals surface area contributed by atoms with Crippen molar-refractivity contribution in [3.63, 3.8) is 0 Å². The highest BCUT2D eigenvalue weighted by Crippen LogP contribution is 2.28. The molecule has 29 heavy (non-hydrogen) atoms. The topological polar surface area (TPSA) is 102 Å². The number of nitrogens with zero attached hydrogens (tertiary/aromatic N) is 2. The van der Waals surface area contributed by atoms with Gasteiger partial charge in [-0.2, -0.15) is 0 Å². The van der Waals surface area contributed by atoms with Crippen molar-refractivity contribution in [2.75, 3.05) is 11.9 Å². The van der Waals surface area contributed by atoms with E-state index >= 15 is 0 Å². The summed E-state index contributed by atoms with van der Waals surface area (Å²) < 4.78 is 0. The minimum Gasteiger partial charge on any atom is -0.364 e. The van der Waals surface area contributed by atoms with Crippen LogP contribution < -0.4 is 10.4 Å². The third kappa shape index (κ3) is 4.69. The fourth-order valence-electron chi connectivity index (χ4n) is 3.02. The zero-order chi connectivity index (χ0) is 20.8. The molecule has 148 valence electrons. The van der Waals surface area contributed by atoms with E-state index in [0.717, 1.165) is 11.1 Å². The van der Waals surface area contributed by atoms with Crippen molar-refractivity contribution in [3.8, 4) is 11.8 Å². The molecule has 2 amide bonds. The van der Waals surface area contributed by atoms with Gasteiger partial charge >= 0.3 is 0 Å². The maximum atomic E-state index is 12.4. The smallest absolute Gasteiger partial charge is 0.278 e. The van der Waals surface area contributed by atoms with Gasteiger partial charge in [-0.1, -0.05) is 42.2 Å². The molecule has 0 unspecified atom stereocenters. The van der Waals surface area contributed by atoms with E-state index in [0.29, 0.717) is 29.8 Å². The SMILES string of the molecule is CN1C(=O)[C@H](O)N=C(c2ccccc2)c2cc(C#CCCCC(=O)NO)ccc21. The van der Waals surface area contributed by atoms with Gasteiger partial charge in [-0.3, -0.25) is 14.8 Å². The lowest BCUT2D eigenvalue weighted by atomic mass is 9.98. The van der Waals surface area contributed by atoms with E-state index in [1.807, 2.05) is 36.4 Å². The summed E-state index contributed by atoms with van der Waals surface area (Å²) in [5.74, 6) is 5.12. The van der Waals surface area contributed by atoms with E-state index < -0.39 is 18.0 Å². The number of carbonyl (C=O) groups excluding carboxylic acids is 2. The summed E-state index contributed by atoms with van der Waals surface area (Å²) in [5.41, 5.74) is 4.98. The molecule has 0 aliphatic carbocycles. The Morgan fingerprint density at radius 2 is 2.00 bits per heavy atom.